The van der Waals surface area contributed by atoms with Gasteiger partial charge in [0, 0.05) is 5.69 Å². The van der Waals surface area contributed by atoms with Crippen molar-refractivity contribution < 1.29 is 19.0 Å². The molecule has 3 aromatic carbocycles. The van der Waals surface area contributed by atoms with Gasteiger partial charge in [-0.3, -0.25) is 14.2 Å². The quantitative estimate of drug-likeness (QED) is 0.302. The van der Waals surface area contributed by atoms with Gasteiger partial charge in [-0.2, -0.15) is 0 Å². The van der Waals surface area contributed by atoms with Crippen molar-refractivity contribution in [2.75, 3.05) is 26.1 Å². The number of carbonyl (C=O) groups is 1. The molecule has 0 fully saturated rings. The highest BCUT2D eigenvalue weighted by Gasteiger charge is 2.32. The number of nitrogens with zero attached hydrogens (tertiary/aromatic N) is 2. The SMILES string of the molecule is C=CCOc1ccc(/C=c2/sc3n(c2=O)[C@@H](c2ccc(OC)cc2)C(C(=O)Nc2ccccc2)=C(C)N=3)cc1OC. The van der Waals surface area contributed by atoms with Gasteiger partial charge in [0.1, 0.15) is 12.4 Å². The summed E-state index contributed by atoms with van der Waals surface area (Å²) in [6.45, 7) is 5.81. The summed E-state index contributed by atoms with van der Waals surface area (Å²) in [6.07, 6.45) is 3.45. The number of thiazole rings is 1. The van der Waals surface area contributed by atoms with Crippen molar-refractivity contribution >= 4 is 29.0 Å². The highest BCUT2D eigenvalue weighted by molar-refractivity contribution is 7.07. The molecular formula is C32H29N3O5S. The van der Waals surface area contributed by atoms with Crippen molar-refractivity contribution in [1.82, 2.24) is 4.57 Å². The summed E-state index contributed by atoms with van der Waals surface area (Å²) in [5.41, 5.74) is 2.85. The van der Waals surface area contributed by atoms with Crippen LogP contribution in [0.25, 0.3) is 6.08 Å². The molecule has 5 rings (SSSR count). The Labute approximate surface area is 241 Å². The van der Waals surface area contributed by atoms with Crippen LogP contribution in [0.2, 0.25) is 0 Å². The van der Waals surface area contributed by atoms with Gasteiger partial charge in [0.05, 0.1) is 36.1 Å². The summed E-state index contributed by atoms with van der Waals surface area (Å²) in [5.74, 6) is 1.47. The van der Waals surface area contributed by atoms with Gasteiger partial charge < -0.3 is 19.5 Å². The standard InChI is InChI=1S/C32H29N3O5S/c1-5-17-40-25-16-11-21(18-26(25)39-4)19-27-31(37)35-29(22-12-14-24(38-3)15-13-22)28(20(2)33-32(35)41-27)30(36)34-23-9-7-6-8-10-23/h5-16,18-19,29H,1,17H2,2-4H3,(H,34,36)/b27-19+/t29-/m0/s1. The Balaban J connectivity index is 1.62. The number of carbonyl (C=O) groups excluding carboxylic acids is 1. The summed E-state index contributed by atoms with van der Waals surface area (Å²) in [4.78, 5) is 32.8. The second-order valence-corrected chi connectivity index (χ2v) is 10.2. The van der Waals surface area contributed by atoms with Gasteiger partial charge in [-0.25, -0.2) is 4.99 Å². The van der Waals surface area contributed by atoms with Crippen LogP contribution in [0.4, 0.5) is 5.69 Å². The zero-order valence-corrected chi connectivity index (χ0v) is 23.7. The number of methoxy groups -OCH3 is 2. The lowest BCUT2D eigenvalue weighted by atomic mass is 9.95. The molecule has 0 saturated carbocycles. The monoisotopic (exact) mass is 567 g/mol. The van der Waals surface area contributed by atoms with Crippen LogP contribution in [0.3, 0.4) is 0 Å². The zero-order valence-electron chi connectivity index (χ0n) is 22.9. The minimum atomic E-state index is -0.688. The average Bonchev–Trinajstić information content (AvgIpc) is 3.29. The fourth-order valence-electron chi connectivity index (χ4n) is 4.63. The van der Waals surface area contributed by atoms with Crippen molar-refractivity contribution in [1.29, 1.82) is 0 Å². The molecule has 1 atom stereocenters. The van der Waals surface area contributed by atoms with Crippen molar-refractivity contribution in [3.63, 3.8) is 0 Å². The minimum Gasteiger partial charge on any atom is -0.497 e. The molecule has 208 valence electrons. The van der Waals surface area contributed by atoms with E-state index in [9.17, 15) is 9.59 Å². The number of fused-ring (bicyclic) bond motifs is 1. The lowest BCUT2D eigenvalue weighted by Crippen LogP contribution is -2.40. The van der Waals surface area contributed by atoms with Crippen molar-refractivity contribution in [2.24, 2.45) is 4.99 Å². The Hall–Kier alpha value is -4.89. The van der Waals surface area contributed by atoms with Crippen molar-refractivity contribution in [2.45, 2.75) is 13.0 Å². The molecule has 41 heavy (non-hydrogen) atoms. The number of benzene rings is 3. The molecule has 4 aromatic rings. The molecule has 9 heteroatoms. The Bertz CT molecular complexity index is 1800. The fourth-order valence-corrected chi connectivity index (χ4v) is 5.67. The summed E-state index contributed by atoms with van der Waals surface area (Å²) < 4.78 is 18.5. The van der Waals surface area contributed by atoms with Crippen LogP contribution in [0.5, 0.6) is 17.2 Å². The largest absolute Gasteiger partial charge is 0.497 e. The molecule has 1 aliphatic rings. The molecule has 1 N–H and O–H groups in total. The second-order valence-electron chi connectivity index (χ2n) is 9.19. The van der Waals surface area contributed by atoms with E-state index in [1.54, 1.807) is 43.9 Å². The first kappa shape index (κ1) is 27.7. The number of aromatic nitrogens is 1. The number of ether oxygens (including phenoxy) is 3. The molecule has 0 spiro atoms. The predicted octanol–water partition coefficient (Wildman–Crippen LogP) is 4.46. The first-order valence-corrected chi connectivity index (χ1v) is 13.7. The lowest BCUT2D eigenvalue weighted by Gasteiger charge is -2.25. The maximum atomic E-state index is 14.0. The second kappa shape index (κ2) is 12.1. The number of para-hydroxylation sites is 1. The van der Waals surface area contributed by atoms with E-state index < -0.39 is 6.04 Å². The molecule has 1 amide bonds. The van der Waals surface area contributed by atoms with Crippen LogP contribution in [-0.4, -0.2) is 31.3 Å². The van der Waals surface area contributed by atoms with Crippen LogP contribution in [-0.2, 0) is 4.79 Å². The number of amides is 1. The number of allylic oxidation sites excluding steroid dienone is 1. The third-order valence-electron chi connectivity index (χ3n) is 6.57. The minimum absolute atomic E-state index is 0.252. The molecular weight excluding hydrogens is 538 g/mol. The predicted molar refractivity (Wildman–Crippen MR) is 161 cm³/mol. The Kier molecular flexibility index (Phi) is 8.16. The van der Waals surface area contributed by atoms with E-state index in [1.807, 2.05) is 66.7 Å². The lowest BCUT2D eigenvalue weighted by molar-refractivity contribution is -0.113. The van der Waals surface area contributed by atoms with Crippen LogP contribution >= 0.6 is 11.3 Å². The molecule has 2 heterocycles. The van der Waals surface area contributed by atoms with E-state index in [0.29, 0.717) is 50.1 Å². The highest BCUT2D eigenvalue weighted by Crippen LogP contribution is 2.32. The van der Waals surface area contributed by atoms with Crippen LogP contribution in [0, 0.1) is 0 Å². The Morgan fingerprint density at radius 2 is 1.80 bits per heavy atom. The van der Waals surface area contributed by atoms with Gasteiger partial charge in [-0.1, -0.05) is 60.4 Å². The van der Waals surface area contributed by atoms with E-state index in [2.05, 4.69) is 11.9 Å². The average molecular weight is 568 g/mol. The van der Waals surface area contributed by atoms with Gasteiger partial charge in [0.2, 0.25) is 0 Å². The molecule has 0 aliphatic carbocycles. The van der Waals surface area contributed by atoms with Crippen molar-refractivity contribution in [3.8, 4) is 17.2 Å². The van der Waals surface area contributed by atoms with Crippen LogP contribution < -0.4 is 34.4 Å². The zero-order chi connectivity index (χ0) is 28.9. The molecule has 0 bridgehead atoms. The fraction of sp³-hybridized carbons (Fsp3) is 0.156. The van der Waals surface area contributed by atoms with E-state index in [0.717, 1.165) is 11.1 Å². The first-order chi connectivity index (χ1) is 19.9. The van der Waals surface area contributed by atoms with Gasteiger partial charge in [-0.15, -0.1) is 0 Å². The molecule has 8 nitrogen and oxygen atoms in total. The third-order valence-corrected chi connectivity index (χ3v) is 7.55. The van der Waals surface area contributed by atoms with Crippen LogP contribution in [0.15, 0.2) is 107 Å². The number of rotatable bonds is 9. The van der Waals surface area contributed by atoms with E-state index in [4.69, 9.17) is 19.2 Å². The number of hydrogen-bond donors (Lipinski definition) is 1. The molecule has 1 aliphatic heterocycles. The summed E-state index contributed by atoms with van der Waals surface area (Å²) in [5, 5.41) is 2.96. The van der Waals surface area contributed by atoms with Crippen molar-refractivity contribution in [3.05, 3.63) is 128 Å². The molecule has 0 radical (unpaired) electrons. The Morgan fingerprint density at radius 3 is 2.49 bits per heavy atom. The summed E-state index contributed by atoms with van der Waals surface area (Å²) in [6, 6.07) is 21.3. The molecule has 1 aromatic heterocycles. The Morgan fingerprint density at radius 1 is 1.05 bits per heavy atom. The van der Waals surface area contributed by atoms with Gasteiger partial charge in [0.15, 0.2) is 16.3 Å². The van der Waals surface area contributed by atoms with Gasteiger partial charge in [0.25, 0.3) is 11.5 Å². The maximum absolute atomic E-state index is 14.0. The maximum Gasteiger partial charge on any atom is 0.271 e. The number of hydrogen-bond acceptors (Lipinski definition) is 7. The normalized spacial score (nSPS) is 14.6. The first-order valence-electron chi connectivity index (χ1n) is 12.9. The summed E-state index contributed by atoms with van der Waals surface area (Å²) >= 11 is 1.27. The number of nitrogens with one attached hydrogen (secondary N) is 1. The van der Waals surface area contributed by atoms with Gasteiger partial charge >= 0.3 is 0 Å². The van der Waals surface area contributed by atoms with E-state index in [-0.39, 0.29) is 11.5 Å². The van der Waals surface area contributed by atoms with Crippen LogP contribution in [0.1, 0.15) is 24.1 Å². The smallest absolute Gasteiger partial charge is 0.271 e. The molecule has 0 saturated heterocycles. The highest BCUT2D eigenvalue weighted by atomic mass is 32.1. The van der Waals surface area contributed by atoms with Gasteiger partial charge in [-0.05, 0) is 60.5 Å². The summed E-state index contributed by atoms with van der Waals surface area (Å²) in [7, 11) is 3.15. The van der Waals surface area contributed by atoms with E-state index in [1.165, 1.54) is 11.3 Å². The number of anilines is 1. The van der Waals surface area contributed by atoms with E-state index >= 15 is 0 Å². The third kappa shape index (κ3) is 5.71. The topological polar surface area (TPSA) is 91.2 Å². The molecule has 0 unspecified atom stereocenters.